The molecule has 0 fully saturated rings. The van der Waals surface area contributed by atoms with Crippen LogP contribution in [0.3, 0.4) is 0 Å². The maximum atomic E-state index is 14.1. The third-order valence-corrected chi connectivity index (χ3v) is 3.30. The van der Waals surface area contributed by atoms with E-state index in [1.807, 2.05) is 30.3 Å². The fraction of sp³-hybridized carbons (Fsp3) is 0.250. The van der Waals surface area contributed by atoms with Gasteiger partial charge in [-0.2, -0.15) is 0 Å². The topological polar surface area (TPSA) is 74.2 Å². The lowest BCUT2D eigenvalue weighted by molar-refractivity contribution is 0.0705. The predicted octanol–water partition coefficient (Wildman–Crippen LogP) is 3.29. The first-order chi connectivity index (χ1) is 10.7. The third-order valence-electron chi connectivity index (χ3n) is 3.30. The van der Waals surface area contributed by atoms with Crippen LogP contribution in [-0.2, 0) is 0 Å². The van der Waals surface area contributed by atoms with Crippen LogP contribution in [0.5, 0.6) is 0 Å². The second kappa shape index (κ2) is 7.51. The van der Waals surface area contributed by atoms with E-state index in [0.29, 0.717) is 0 Å². The van der Waals surface area contributed by atoms with Crippen LogP contribution in [0.2, 0.25) is 0 Å². The van der Waals surface area contributed by atoms with E-state index in [9.17, 15) is 9.18 Å². The van der Waals surface area contributed by atoms with Crippen LogP contribution in [0.25, 0.3) is 0 Å². The van der Waals surface area contributed by atoms with Gasteiger partial charge in [-0.15, -0.1) is 0 Å². The minimum atomic E-state index is -0.800. The number of amides is 1. The van der Waals surface area contributed by atoms with Crippen molar-refractivity contribution in [1.82, 2.24) is 10.5 Å². The van der Waals surface area contributed by atoms with E-state index in [2.05, 4.69) is 17.2 Å². The Kier molecular flexibility index (Phi) is 5.43. The average Bonchev–Trinajstić information content (AvgIpc) is 2.56. The van der Waals surface area contributed by atoms with E-state index in [-0.39, 0.29) is 17.4 Å². The van der Waals surface area contributed by atoms with Crippen molar-refractivity contribution in [2.75, 3.05) is 5.32 Å². The summed E-state index contributed by atoms with van der Waals surface area (Å²) in [5.74, 6) is -1.36. The number of hydroxylamine groups is 1. The third kappa shape index (κ3) is 3.79. The number of nitrogens with zero attached hydrogens (tertiary/aromatic N) is 1. The Morgan fingerprint density at radius 3 is 2.68 bits per heavy atom. The normalized spacial score (nSPS) is 11.8. The maximum absolute atomic E-state index is 14.1. The summed E-state index contributed by atoms with van der Waals surface area (Å²) in [6, 6.07) is 10.7. The van der Waals surface area contributed by atoms with Crippen molar-refractivity contribution in [3.8, 4) is 0 Å². The molecule has 2 aromatic rings. The summed E-state index contributed by atoms with van der Waals surface area (Å²) in [6.45, 7) is 2.05. The fourth-order valence-electron chi connectivity index (χ4n) is 2.19. The predicted molar refractivity (Wildman–Crippen MR) is 81.2 cm³/mol. The molecular weight excluding hydrogens is 285 g/mol. The zero-order valence-electron chi connectivity index (χ0n) is 12.2. The maximum Gasteiger partial charge on any atom is 0.276 e. The monoisotopic (exact) mass is 303 g/mol. The number of benzene rings is 1. The second-order valence-corrected chi connectivity index (χ2v) is 4.89. The van der Waals surface area contributed by atoms with Crippen molar-refractivity contribution >= 4 is 11.7 Å². The summed E-state index contributed by atoms with van der Waals surface area (Å²) in [4.78, 5) is 15.2. The van der Waals surface area contributed by atoms with Gasteiger partial charge in [0.05, 0.1) is 11.6 Å². The number of pyridine rings is 1. The van der Waals surface area contributed by atoms with Crippen LogP contribution in [-0.4, -0.2) is 16.1 Å². The van der Waals surface area contributed by atoms with Crippen molar-refractivity contribution < 1.29 is 14.4 Å². The average molecular weight is 303 g/mol. The zero-order chi connectivity index (χ0) is 15.9. The highest BCUT2D eigenvalue weighted by molar-refractivity contribution is 5.93. The summed E-state index contributed by atoms with van der Waals surface area (Å²) in [5.41, 5.74) is 2.45. The molecule has 5 nitrogen and oxygen atoms in total. The number of anilines is 1. The molecule has 6 heteroatoms. The number of hydrogen-bond acceptors (Lipinski definition) is 4. The van der Waals surface area contributed by atoms with Gasteiger partial charge in [0.2, 0.25) is 0 Å². The molecule has 0 bridgehead atoms. The molecule has 22 heavy (non-hydrogen) atoms. The molecule has 0 aliphatic rings. The quantitative estimate of drug-likeness (QED) is 0.565. The molecule has 1 aromatic heterocycles. The molecule has 116 valence electrons. The molecule has 0 unspecified atom stereocenters. The van der Waals surface area contributed by atoms with Gasteiger partial charge in [0.1, 0.15) is 0 Å². The number of hydrogen-bond donors (Lipinski definition) is 3. The van der Waals surface area contributed by atoms with Gasteiger partial charge in [0, 0.05) is 6.20 Å². The number of carbonyl (C=O) groups is 1. The Bertz CT molecular complexity index is 635. The van der Waals surface area contributed by atoms with Gasteiger partial charge in [-0.05, 0) is 18.1 Å². The molecule has 1 atom stereocenters. The lowest BCUT2D eigenvalue weighted by atomic mass is 10.0. The number of halogens is 1. The van der Waals surface area contributed by atoms with Crippen LogP contribution >= 0.6 is 0 Å². The molecule has 0 radical (unpaired) electrons. The number of nitrogens with one attached hydrogen (secondary N) is 2. The molecule has 1 amide bonds. The molecule has 0 aliphatic heterocycles. The fourth-order valence-corrected chi connectivity index (χ4v) is 2.19. The summed E-state index contributed by atoms with van der Waals surface area (Å²) in [7, 11) is 0. The summed E-state index contributed by atoms with van der Waals surface area (Å²) in [6.07, 6.45) is 2.97. The van der Waals surface area contributed by atoms with E-state index in [1.165, 1.54) is 11.7 Å². The van der Waals surface area contributed by atoms with Gasteiger partial charge >= 0.3 is 0 Å². The SMILES string of the molecule is CCC[C@@H](Nc1ncc(C(=O)NO)cc1F)c1ccccc1. The van der Waals surface area contributed by atoms with Crippen molar-refractivity contribution in [2.45, 2.75) is 25.8 Å². The Morgan fingerprint density at radius 2 is 2.09 bits per heavy atom. The summed E-state index contributed by atoms with van der Waals surface area (Å²) < 4.78 is 14.1. The Morgan fingerprint density at radius 1 is 1.36 bits per heavy atom. The molecule has 1 heterocycles. The van der Waals surface area contributed by atoms with Gasteiger partial charge in [-0.1, -0.05) is 43.7 Å². The van der Waals surface area contributed by atoms with Gasteiger partial charge in [0.15, 0.2) is 11.6 Å². The summed E-state index contributed by atoms with van der Waals surface area (Å²) >= 11 is 0. The lowest BCUT2D eigenvalue weighted by Crippen LogP contribution is -2.20. The molecule has 0 saturated carbocycles. The largest absolute Gasteiger partial charge is 0.361 e. The minimum absolute atomic E-state index is 0.0442. The van der Waals surface area contributed by atoms with E-state index < -0.39 is 11.7 Å². The van der Waals surface area contributed by atoms with Crippen molar-refractivity contribution in [3.05, 3.63) is 59.5 Å². The lowest BCUT2D eigenvalue weighted by Gasteiger charge is -2.19. The van der Waals surface area contributed by atoms with Gasteiger partial charge in [-0.3, -0.25) is 10.0 Å². The molecule has 2 rings (SSSR count). The highest BCUT2D eigenvalue weighted by Crippen LogP contribution is 2.24. The summed E-state index contributed by atoms with van der Waals surface area (Å²) in [5, 5.41) is 11.6. The first-order valence-corrected chi connectivity index (χ1v) is 7.07. The van der Waals surface area contributed by atoms with Crippen molar-refractivity contribution in [3.63, 3.8) is 0 Å². The second-order valence-electron chi connectivity index (χ2n) is 4.89. The van der Waals surface area contributed by atoms with Crippen LogP contribution in [0.1, 0.15) is 41.7 Å². The molecule has 3 N–H and O–H groups in total. The number of aromatic nitrogens is 1. The number of carbonyl (C=O) groups excluding carboxylic acids is 1. The molecule has 0 aliphatic carbocycles. The van der Waals surface area contributed by atoms with E-state index in [4.69, 9.17) is 5.21 Å². The van der Waals surface area contributed by atoms with E-state index in [1.54, 1.807) is 0 Å². The molecule has 0 saturated heterocycles. The zero-order valence-corrected chi connectivity index (χ0v) is 12.2. The molecular formula is C16H18FN3O2. The highest BCUT2D eigenvalue weighted by atomic mass is 19.1. The van der Waals surface area contributed by atoms with Crippen molar-refractivity contribution in [1.29, 1.82) is 0 Å². The Hall–Kier alpha value is -2.47. The smallest absolute Gasteiger partial charge is 0.276 e. The van der Waals surface area contributed by atoms with E-state index >= 15 is 0 Å². The Labute approximate surface area is 128 Å². The van der Waals surface area contributed by atoms with Gasteiger partial charge in [-0.25, -0.2) is 14.9 Å². The Balaban J connectivity index is 2.22. The van der Waals surface area contributed by atoms with Crippen LogP contribution in [0, 0.1) is 5.82 Å². The van der Waals surface area contributed by atoms with E-state index in [0.717, 1.165) is 24.5 Å². The van der Waals surface area contributed by atoms with Crippen LogP contribution in [0.4, 0.5) is 10.2 Å². The van der Waals surface area contributed by atoms with Gasteiger partial charge < -0.3 is 5.32 Å². The van der Waals surface area contributed by atoms with Crippen LogP contribution in [0.15, 0.2) is 42.6 Å². The first kappa shape index (κ1) is 15.9. The molecule has 0 spiro atoms. The van der Waals surface area contributed by atoms with Crippen LogP contribution < -0.4 is 10.8 Å². The molecule has 1 aromatic carbocycles. The standard InChI is InChI=1S/C16H18FN3O2/c1-2-6-14(11-7-4-3-5-8-11)19-15-13(17)9-12(10-18-15)16(21)20-22/h3-5,7-10,14,22H,2,6H2,1H3,(H,18,19)(H,20,21)/t14-/m1/s1. The number of rotatable bonds is 6. The first-order valence-electron chi connectivity index (χ1n) is 7.07. The van der Waals surface area contributed by atoms with Gasteiger partial charge in [0.25, 0.3) is 5.91 Å². The minimum Gasteiger partial charge on any atom is -0.361 e. The highest BCUT2D eigenvalue weighted by Gasteiger charge is 2.15. The van der Waals surface area contributed by atoms with Crippen molar-refractivity contribution in [2.24, 2.45) is 0 Å².